The van der Waals surface area contributed by atoms with E-state index in [-0.39, 0.29) is 6.04 Å². The van der Waals surface area contributed by atoms with Gasteiger partial charge in [0.25, 0.3) is 0 Å². The van der Waals surface area contributed by atoms with Gasteiger partial charge in [0.2, 0.25) is 6.36 Å². The summed E-state index contributed by atoms with van der Waals surface area (Å²) in [4.78, 5) is 0. The summed E-state index contributed by atoms with van der Waals surface area (Å²) in [5.74, 6) is 0. The van der Waals surface area contributed by atoms with Crippen LogP contribution in [0, 0.1) is 0 Å². The molecule has 1 aliphatic rings. The van der Waals surface area contributed by atoms with Crippen LogP contribution in [0.5, 0.6) is 0 Å². The third kappa shape index (κ3) is 2.46. The van der Waals surface area contributed by atoms with E-state index >= 15 is 0 Å². The fourth-order valence-electron chi connectivity index (χ4n) is 1.76. The second-order valence-electron chi connectivity index (χ2n) is 3.83. The van der Waals surface area contributed by atoms with Crippen molar-refractivity contribution in [3.63, 3.8) is 0 Å². The first kappa shape index (κ1) is 11.0. The molecule has 0 bridgehead atoms. The summed E-state index contributed by atoms with van der Waals surface area (Å²) >= 11 is 0. The van der Waals surface area contributed by atoms with Gasteiger partial charge in [-0.3, -0.25) is 0 Å². The molecule has 4 atom stereocenters. The molecule has 5 heteroatoms. The highest BCUT2D eigenvalue weighted by molar-refractivity contribution is 6.72. The standard InChI is InChI=1S/C8H15F3OSi/c1-3-4-13(2)5-6(9)7(10)8(11)12-13/h6-8H,3-5H2,1-2H3. The normalized spacial score (nSPS) is 46.4. The number of hydrogen-bond acceptors (Lipinski definition) is 1. The molecule has 0 aromatic rings. The van der Waals surface area contributed by atoms with Gasteiger partial charge >= 0.3 is 0 Å². The number of alkyl halides is 3. The molecule has 0 N–H and O–H groups in total. The molecule has 0 aliphatic carbocycles. The van der Waals surface area contributed by atoms with Gasteiger partial charge in [-0.1, -0.05) is 13.3 Å². The SMILES string of the molecule is CCC[Si]1(C)CC(F)C(F)C(F)O1. The van der Waals surface area contributed by atoms with Crippen molar-refractivity contribution in [1.29, 1.82) is 0 Å². The Kier molecular flexibility index (Phi) is 3.40. The Balaban J connectivity index is 2.61. The molecule has 0 saturated carbocycles. The maximum atomic E-state index is 13.0. The molecule has 4 unspecified atom stereocenters. The Morgan fingerprint density at radius 1 is 1.38 bits per heavy atom. The van der Waals surface area contributed by atoms with Crippen LogP contribution in [0.1, 0.15) is 13.3 Å². The number of halogens is 3. The lowest BCUT2D eigenvalue weighted by Crippen LogP contribution is -2.51. The molecule has 0 amide bonds. The van der Waals surface area contributed by atoms with Crippen LogP contribution in [-0.4, -0.2) is 27.0 Å². The van der Waals surface area contributed by atoms with E-state index in [1.165, 1.54) is 0 Å². The zero-order valence-electron chi connectivity index (χ0n) is 7.90. The van der Waals surface area contributed by atoms with Gasteiger partial charge < -0.3 is 4.43 Å². The quantitative estimate of drug-likeness (QED) is 0.639. The lowest BCUT2D eigenvalue weighted by Gasteiger charge is -2.37. The summed E-state index contributed by atoms with van der Waals surface area (Å²) in [5.41, 5.74) is 0. The van der Waals surface area contributed by atoms with Crippen LogP contribution in [0.2, 0.25) is 18.6 Å². The van der Waals surface area contributed by atoms with Crippen molar-refractivity contribution in [3.05, 3.63) is 0 Å². The zero-order chi connectivity index (χ0) is 10.1. The van der Waals surface area contributed by atoms with E-state index in [2.05, 4.69) is 0 Å². The molecular weight excluding hydrogens is 197 g/mol. The van der Waals surface area contributed by atoms with Crippen LogP contribution in [0.25, 0.3) is 0 Å². The highest BCUT2D eigenvalue weighted by Crippen LogP contribution is 2.34. The van der Waals surface area contributed by atoms with Crippen molar-refractivity contribution >= 4 is 8.32 Å². The maximum Gasteiger partial charge on any atom is 0.224 e. The van der Waals surface area contributed by atoms with Crippen LogP contribution in [0.4, 0.5) is 13.2 Å². The Labute approximate surface area is 77.4 Å². The predicted octanol–water partition coefficient (Wildman–Crippen LogP) is 2.97. The monoisotopic (exact) mass is 212 g/mol. The third-order valence-corrected chi connectivity index (χ3v) is 6.00. The summed E-state index contributed by atoms with van der Waals surface area (Å²) < 4.78 is 43.5. The first-order valence-electron chi connectivity index (χ1n) is 4.58. The van der Waals surface area contributed by atoms with Crippen LogP contribution in [0.3, 0.4) is 0 Å². The zero-order valence-corrected chi connectivity index (χ0v) is 8.90. The lowest BCUT2D eigenvalue weighted by molar-refractivity contribution is -0.0610. The molecule has 0 aromatic heterocycles. The van der Waals surface area contributed by atoms with E-state index in [1.807, 2.05) is 6.92 Å². The lowest BCUT2D eigenvalue weighted by atomic mass is 10.3. The highest BCUT2D eigenvalue weighted by Gasteiger charge is 2.46. The Morgan fingerprint density at radius 2 is 2.00 bits per heavy atom. The van der Waals surface area contributed by atoms with Crippen LogP contribution < -0.4 is 0 Å². The van der Waals surface area contributed by atoms with Gasteiger partial charge in [-0.25, -0.2) is 13.2 Å². The number of hydrogen-bond donors (Lipinski definition) is 0. The number of rotatable bonds is 2. The Hall–Kier alpha value is -0.0331. The first-order chi connectivity index (χ1) is 5.98. The van der Waals surface area contributed by atoms with Crippen LogP contribution in [0.15, 0.2) is 0 Å². The Bertz CT molecular complexity index is 167. The molecule has 1 rings (SSSR count). The van der Waals surface area contributed by atoms with Gasteiger partial charge in [-0.05, 0) is 12.6 Å². The van der Waals surface area contributed by atoms with Gasteiger partial charge in [0.1, 0.15) is 6.17 Å². The molecule has 13 heavy (non-hydrogen) atoms. The third-order valence-electron chi connectivity index (χ3n) is 2.40. The van der Waals surface area contributed by atoms with Gasteiger partial charge in [0.15, 0.2) is 14.5 Å². The smallest absolute Gasteiger partial charge is 0.224 e. The van der Waals surface area contributed by atoms with E-state index in [9.17, 15) is 13.2 Å². The average molecular weight is 212 g/mol. The molecule has 1 nitrogen and oxygen atoms in total. The molecule has 1 fully saturated rings. The molecule has 0 spiro atoms. The molecular formula is C8H15F3OSi. The minimum absolute atomic E-state index is 0.0857. The highest BCUT2D eigenvalue weighted by atomic mass is 28.4. The van der Waals surface area contributed by atoms with E-state index in [1.54, 1.807) is 6.55 Å². The predicted molar refractivity (Wildman–Crippen MR) is 47.3 cm³/mol. The molecule has 0 radical (unpaired) electrons. The van der Waals surface area contributed by atoms with Crippen molar-refractivity contribution in [1.82, 2.24) is 0 Å². The fraction of sp³-hybridized carbons (Fsp3) is 1.00. The topological polar surface area (TPSA) is 9.23 Å². The van der Waals surface area contributed by atoms with Gasteiger partial charge in [-0.2, -0.15) is 0 Å². The van der Waals surface area contributed by atoms with Crippen LogP contribution >= 0.6 is 0 Å². The van der Waals surface area contributed by atoms with E-state index < -0.39 is 27.0 Å². The molecule has 0 aromatic carbocycles. The summed E-state index contributed by atoms with van der Waals surface area (Å²) in [7, 11) is -2.29. The van der Waals surface area contributed by atoms with Crippen molar-refractivity contribution in [2.24, 2.45) is 0 Å². The minimum atomic E-state index is -2.29. The second kappa shape index (κ2) is 4.00. The minimum Gasteiger partial charge on any atom is -0.387 e. The molecule has 1 aliphatic heterocycles. The first-order valence-corrected chi connectivity index (χ1v) is 7.41. The van der Waals surface area contributed by atoms with Crippen molar-refractivity contribution < 1.29 is 17.6 Å². The summed E-state index contributed by atoms with van der Waals surface area (Å²) in [6, 6.07) is 0.781. The summed E-state index contributed by atoms with van der Waals surface area (Å²) in [6.07, 6.45) is -4.98. The van der Waals surface area contributed by atoms with Gasteiger partial charge in [0.05, 0.1) is 0 Å². The fourth-order valence-corrected chi connectivity index (χ4v) is 4.96. The van der Waals surface area contributed by atoms with E-state index in [4.69, 9.17) is 4.43 Å². The van der Waals surface area contributed by atoms with Crippen molar-refractivity contribution in [2.45, 2.75) is 50.7 Å². The average Bonchev–Trinajstić information content (AvgIpc) is 2.00. The summed E-state index contributed by atoms with van der Waals surface area (Å²) in [6.45, 7) is 3.70. The molecule has 78 valence electrons. The van der Waals surface area contributed by atoms with Gasteiger partial charge in [0, 0.05) is 6.04 Å². The second-order valence-corrected chi connectivity index (χ2v) is 7.88. The summed E-state index contributed by atoms with van der Waals surface area (Å²) in [5, 5.41) is 0. The molecule has 1 heterocycles. The van der Waals surface area contributed by atoms with Gasteiger partial charge in [-0.15, -0.1) is 0 Å². The van der Waals surface area contributed by atoms with Crippen LogP contribution in [-0.2, 0) is 4.43 Å². The molecule has 1 saturated heterocycles. The Morgan fingerprint density at radius 3 is 2.46 bits per heavy atom. The van der Waals surface area contributed by atoms with E-state index in [0.717, 1.165) is 6.42 Å². The maximum absolute atomic E-state index is 13.0. The van der Waals surface area contributed by atoms with E-state index in [0.29, 0.717) is 6.04 Å². The van der Waals surface area contributed by atoms with Crippen molar-refractivity contribution in [2.75, 3.05) is 0 Å². The van der Waals surface area contributed by atoms with Crippen molar-refractivity contribution in [3.8, 4) is 0 Å². The largest absolute Gasteiger partial charge is 0.387 e.